The molecule has 0 aliphatic rings. The summed E-state index contributed by atoms with van der Waals surface area (Å²) in [7, 11) is 0. The van der Waals surface area contributed by atoms with Crippen LogP contribution in [-0.4, -0.2) is 15.2 Å². The van der Waals surface area contributed by atoms with E-state index in [4.69, 9.17) is 0 Å². The van der Waals surface area contributed by atoms with E-state index < -0.39 is 0 Å². The van der Waals surface area contributed by atoms with Gasteiger partial charge in [-0.05, 0) is 29.8 Å². The molecule has 0 radical (unpaired) electrons. The molecular weight excluding hydrogens is 217 g/mol. The van der Waals surface area contributed by atoms with Gasteiger partial charge in [0.1, 0.15) is 5.82 Å². The molecule has 3 aromatic rings. The number of aromatic nitrogens is 3. The van der Waals surface area contributed by atoms with E-state index in [1.807, 2.05) is 12.1 Å². The predicted molar refractivity (Wildman–Crippen MR) is 62.7 cm³/mol. The van der Waals surface area contributed by atoms with Crippen molar-refractivity contribution in [1.29, 1.82) is 0 Å². The van der Waals surface area contributed by atoms with E-state index in [0.717, 1.165) is 16.5 Å². The molecule has 0 saturated heterocycles. The van der Waals surface area contributed by atoms with Gasteiger partial charge in [-0.1, -0.05) is 12.1 Å². The van der Waals surface area contributed by atoms with Crippen molar-refractivity contribution < 1.29 is 4.39 Å². The zero-order valence-electron chi connectivity index (χ0n) is 8.84. The van der Waals surface area contributed by atoms with E-state index in [9.17, 15) is 4.39 Å². The number of hydrogen-bond donors (Lipinski definition) is 0. The van der Waals surface area contributed by atoms with Crippen LogP contribution in [0.3, 0.4) is 0 Å². The third-order valence-corrected chi connectivity index (χ3v) is 2.57. The normalized spacial score (nSPS) is 10.6. The van der Waals surface area contributed by atoms with Gasteiger partial charge < -0.3 is 0 Å². The zero-order chi connectivity index (χ0) is 11.7. The first-order valence-corrected chi connectivity index (χ1v) is 5.17. The molecule has 1 aromatic carbocycles. The van der Waals surface area contributed by atoms with E-state index in [1.54, 1.807) is 24.5 Å². The van der Waals surface area contributed by atoms with Crippen LogP contribution >= 0.6 is 0 Å². The summed E-state index contributed by atoms with van der Waals surface area (Å²) in [6, 6.07) is 10.1. The Morgan fingerprint density at radius 1 is 1.00 bits per heavy atom. The number of pyridine rings is 1. The summed E-state index contributed by atoms with van der Waals surface area (Å²) in [5, 5.41) is 8.77. The van der Waals surface area contributed by atoms with Crippen molar-refractivity contribution in [2.24, 2.45) is 0 Å². The van der Waals surface area contributed by atoms with Crippen LogP contribution in [-0.2, 0) is 0 Å². The number of rotatable bonds is 1. The minimum atomic E-state index is -0.252. The molecule has 3 rings (SSSR count). The van der Waals surface area contributed by atoms with Crippen molar-refractivity contribution in [2.75, 3.05) is 0 Å². The van der Waals surface area contributed by atoms with Crippen LogP contribution in [0.4, 0.5) is 4.39 Å². The van der Waals surface area contributed by atoms with Gasteiger partial charge in [-0.25, -0.2) is 9.37 Å². The Labute approximate surface area is 97.0 Å². The van der Waals surface area contributed by atoms with E-state index in [2.05, 4.69) is 15.2 Å². The smallest absolute Gasteiger partial charge is 0.182 e. The number of benzene rings is 1. The highest BCUT2D eigenvalue weighted by Gasteiger charge is 2.05. The van der Waals surface area contributed by atoms with E-state index in [-0.39, 0.29) is 5.82 Å². The Morgan fingerprint density at radius 2 is 1.82 bits per heavy atom. The summed E-state index contributed by atoms with van der Waals surface area (Å²) >= 11 is 0. The molecule has 17 heavy (non-hydrogen) atoms. The molecule has 0 saturated carbocycles. The monoisotopic (exact) mass is 225 g/mol. The third-order valence-electron chi connectivity index (χ3n) is 2.57. The Balaban J connectivity index is 2.27. The molecule has 2 aromatic heterocycles. The van der Waals surface area contributed by atoms with Crippen LogP contribution in [0.1, 0.15) is 0 Å². The molecule has 0 amide bonds. The van der Waals surface area contributed by atoms with Crippen molar-refractivity contribution in [3.05, 3.63) is 54.6 Å². The van der Waals surface area contributed by atoms with Gasteiger partial charge in [-0.15, -0.1) is 5.10 Å². The second-order valence-corrected chi connectivity index (χ2v) is 3.64. The highest BCUT2D eigenvalue weighted by molar-refractivity contribution is 5.91. The summed E-state index contributed by atoms with van der Waals surface area (Å²) in [5.41, 5.74) is 2.40. The summed E-state index contributed by atoms with van der Waals surface area (Å²) in [5.74, 6) is -0.252. The number of halogens is 1. The van der Waals surface area contributed by atoms with Gasteiger partial charge in [0.25, 0.3) is 0 Å². The molecule has 0 bridgehead atoms. The van der Waals surface area contributed by atoms with Crippen molar-refractivity contribution in [3.63, 3.8) is 0 Å². The van der Waals surface area contributed by atoms with E-state index >= 15 is 0 Å². The first-order valence-electron chi connectivity index (χ1n) is 5.17. The molecule has 0 atom stereocenters. The molecule has 0 aliphatic heterocycles. The van der Waals surface area contributed by atoms with Crippen molar-refractivity contribution in [3.8, 4) is 11.1 Å². The van der Waals surface area contributed by atoms with Gasteiger partial charge in [0.05, 0.1) is 6.20 Å². The van der Waals surface area contributed by atoms with Crippen molar-refractivity contribution >= 4 is 11.0 Å². The van der Waals surface area contributed by atoms with E-state index in [0.29, 0.717) is 5.65 Å². The molecule has 3 nitrogen and oxygen atoms in total. The molecular formula is C13H8FN3. The maximum atomic E-state index is 12.9. The van der Waals surface area contributed by atoms with Crippen LogP contribution < -0.4 is 0 Å². The molecule has 0 aliphatic carbocycles. The minimum absolute atomic E-state index is 0.252. The fourth-order valence-electron chi connectivity index (χ4n) is 1.76. The van der Waals surface area contributed by atoms with Gasteiger partial charge in [0, 0.05) is 17.1 Å². The number of fused-ring (bicyclic) bond motifs is 1. The Morgan fingerprint density at radius 3 is 2.65 bits per heavy atom. The van der Waals surface area contributed by atoms with Gasteiger partial charge in [-0.3, -0.25) is 0 Å². The molecule has 0 spiro atoms. The lowest BCUT2D eigenvalue weighted by Crippen LogP contribution is -1.90. The predicted octanol–water partition coefficient (Wildman–Crippen LogP) is 2.83. The van der Waals surface area contributed by atoms with Crippen LogP contribution in [0.2, 0.25) is 0 Å². The van der Waals surface area contributed by atoms with E-state index in [1.165, 1.54) is 12.1 Å². The minimum Gasteiger partial charge on any atom is -0.235 e. The Kier molecular flexibility index (Phi) is 2.26. The summed E-state index contributed by atoms with van der Waals surface area (Å²) in [6.45, 7) is 0. The second kappa shape index (κ2) is 3.90. The fourth-order valence-corrected chi connectivity index (χ4v) is 1.76. The molecule has 82 valence electrons. The van der Waals surface area contributed by atoms with Gasteiger partial charge in [-0.2, -0.15) is 5.10 Å². The molecule has 0 N–H and O–H groups in total. The first kappa shape index (κ1) is 9.84. The topological polar surface area (TPSA) is 38.7 Å². The molecule has 2 heterocycles. The third kappa shape index (κ3) is 1.73. The lowest BCUT2D eigenvalue weighted by molar-refractivity contribution is 0.628. The largest absolute Gasteiger partial charge is 0.235 e. The Hall–Kier alpha value is -2.36. The second-order valence-electron chi connectivity index (χ2n) is 3.64. The fraction of sp³-hybridized carbons (Fsp3) is 0. The molecule has 4 heteroatoms. The molecule has 0 fully saturated rings. The van der Waals surface area contributed by atoms with Crippen molar-refractivity contribution in [1.82, 2.24) is 15.2 Å². The average molecular weight is 225 g/mol. The quantitative estimate of drug-likeness (QED) is 0.639. The van der Waals surface area contributed by atoms with Crippen LogP contribution in [0, 0.1) is 5.82 Å². The molecule has 0 unspecified atom stereocenters. The lowest BCUT2D eigenvalue weighted by atomic mass is 10.0. The highest BCUT2D eigenvalue weighted by Crippen LogP contribution is 2.25. The lowest BCUT2D eigenvalue weighted by Gasteiger charge is -2.04. The van der Waals surface area contributed by atoms with Gasteiger partial charge >= 0.3 is 0 Å². The van der Waals surface area contributed by atoms with Crippen LogP contribution in [0.25, 0.3) is 22.2 Å². The van der Waals surface area contributed by atoms with Crippen LogP contribution in [0.15, 0.2) is 48.8 Å². The summed E-state index contributed by atoms with van der Waals surface area (Å²) in [4.78, 5) is 4.14. The van der Waals surface area contributed by atoms with Crippen LogP contribution in [0.5, 0.6) is 0 Å². The number of nitrogens with zero attached hydrogens (tertiary/aromatic N) is 3. The zero-order valence-corrected chi connectivity index (χ0v) is 8.84. The SMILES string of the molecule is Fc1ccc(-c2cnnc3ncccc23)cc1. The Bertz CT molecular complexity index is 660. The van der Waals surface area contributed by atoms with Gasteiger partial charge in [0.15, 0.2) is 5.65 Å². The van der Waals surface area contributed by atoms with Gasteiger partial charge in [0.2, 0.25) is 0 Å². The maximum absolute atomic E-state index is 12.9. The van der Waals surface area contributed by atoms with Crippen molar-refractivity contribution in [2.45, 2.75) is 0 Å². The first-order chi connectivity index (χ1) is 8.34. The summed E-state index contributed by atoms with van der Waals surface area (Å²) in [6.07, 6.45) is 3.34. The average Bonchev–Trinajstić information content (AvgIpc) is 2.39. The highest BCUT2D eigenvalue weighted by atomic mass is 19.1. The maximum Gasteiger partial charge on any atom is 0.182 e. The standard InChI is InChI=1S/C13H8FN3/c14-10-5-3-9(4-6-10)12-8-16-17-13-11(12)2-1-7-15-13/h1-8H. The summed E-state index contributed by atoms with van der Waals surface area (Å²) < 4.78 is 12.9. The number of hydrogen-bond acceptors (Lipinski definition) is 3.